The van der Waals surface area contributed by atoms with Crippen molar-refractivity contribution in [2.24, 2.45) is 0 Å². The van der Waals surface area contributed by atoms with Crippen LogP contribution < -0.4 is 0 Å². The minimum absolute atomic E-state index is 0. The molecule has 0 aliphatic heterocycles. The predicted molar refractivity (Wildman–Crippen MR) is 625 cm³/mol. The zero-order valence-corrected chi connectivity index (χ0v) is 104. The molecule has 0 aromatic rings. The van der Waals surface area contributed by atoms with E-state index in [9.17, 15) is 0 Å². The van der Waals surface area contributed by atoms with E-state index in [1.54, 1.807) is 0 Å². The summed E-state index contributed by atoms with van der Waals surface area (Å²) in [6, 6.07) is 0. The molecule has 0 aromatic heterocycles. The molecule has 0 N–H and O–H groups in total. The van der Waals surface area contributed by atoms with Gasteiger partial charge in [-0.2, -0.15) is 0 Å². The fourth-order valence-electron chi connectivity index (χ4n) is 15.9. The Balaban J connectivity index is -0.000000403. The zero-order chi connectivity index (χ0) is 103. The maximum absolute atomic E-state index is 5.96. The van der Waals surface area contributed by atoms with Gasteiger partial charge in [0.15, 0.2) is 0 Å². The van der Waals surface area contributed by atoms with Crippen molar-refractivity contribution in [3.63, 3.8) is 0 Å². The molecule has 0 unspecified atom stereocenters. The first-order valence-electron chi connectivity index (χ1n) is 62.7. The Kier molecular flexibility index (Phi) is 164. The third kappa shape index (κ3) is 148. The third-order valence-electron chi connectivity index (χ3n) is 25.4. The van der Waals surface area contributed by atoms with E-state index in [4.69, 9.17) is 67.9 Å². The van der Waals surface area contributed by atoms with Crippen LogP contribution in [0.1, 0.15) is 682 Å². The molecule has 0 fully saturated rings. The summed E-state index contributed by atoms with van der Waals surface area (Å²) in [6.07, 6.45) is 116. The molecule has 858 valence electrons. The van der Waals surface area contributed by atoms with E-state index >= 15 is 0 Å². The smallest absolute Gasteiger partial charge is 0.312 e. The molecule has 0 bridgehead atoms. The van der Waals surface area contributed by atoms with Gasteiger partial charge in [0.1, 0.15) is 0 Å². The van der Waals surface area contributed by atoms with Crippen molar-refractivity contribution in [2.75, 3.05) is 99.1 Å². The van der Waals surface area contributed by atoms with Crippen LogP contribution in [-0.2, 0) is 84.9 Å². The molecule has 15 nitrogen and oxygen atoms in total. The Hall–Kier alpha value is 2.07. The average molecular weight is 2150 g/mol. The summed E-state index contributed by atoms with van der Waals surface area (Å²) in [5.41, 5.74) is 0. The van der Waals surface area contributed by atoms with Crippen LogP contribution in [0.3, 0.4) is 0 Å². The topological polar surface area (TPSA) is 138 Å². The second kappa shape index (κ2) is 150. The maximum Gasteiger partial charge on any atom is 0.332 e. The molecule has 0 atom stereocenters. The number of unbranched alkanes of at least 4 members (excludes halogenated alkanes) is 75. The number of hydrogen-bond acceptors (Lipinski definition) is 15. The van der Waals surface area contributed by atoms with Gasteiger partial charge < -0.3 is 67.9 Å². The summed E-state index contributed by atoms with van der Waals surface area (Å²) in [5.74, 6) is 0. The van der Waals surface area contributed by atoms with Crippen molar-refractivity contribution in [1.82, 2.24) is 0 Å². The molecule has 0 heterocycles. The van der Waals surface area contributed by atoms with E-state index in [0.717, 1.165) is 195 Å². The van der Waals surface area contributed by atoms with E-state index in [1.165, 1.54) is 482 Å². The van der Waals surface area contributed by atoms with Crippen molar-refractivity contribution in [2.45, 2.75) is 682 Å². The first-order chi connectivity index (χ1) is 69.2. The van der Waals surface area contributed by atoms with Crippen molar-refractivity contribution >= 4 is 43.0 Å². The minimum Gasteiger partial charge on any atom is -0.312 e. The van der Waals surface area contributed by atoms with Crippen LogP contribution >= 0.6 is 43.0 Å². The Bertz CT molecular complexity index is 1490. The van der Waals surface area contributed by atoms with E-state index in [0.29, 0.717) is 0 Å². The van der Waals surface area contributed by atoms with Crippen molar-refractivity contribution < 1.29 is 84.9 Å². The molecule has 0 saturated carbocycles. The molecule has 0 saturated heterocycles. The van der Waals surface area contributed by atoms with Crippen LogP contribution in [0.15, 0.2) is 0 Å². The molecule has 0 aromatic carbocycles. The van der Waals surface area contributed by atoms with Gasteiger partial charge in [-0.1, -0.05) is 585 Å². The fraction of sp³-hybridized carbons (Fsp3) is 1.00. The van der Waals surface area contributed by atoms with Crippen LogP contribution in [0.4, 0.5) is 0 Å². The second-order valence-corrected chi connectivity index (χ2v) is 46.2. The van der Waals surface area contributed by atoms with E-state index in [2.05, 4.69) is 104 Å². The number of hydrogen-bond donors (Lipinski definition) is 0. The Morgan fingerprint density at radius 3 is 0.184 bits per heavy atom. The van der Waals surface area contributed by atoms with Crippen molar-refractivity contribution in [1.29, 1.82) is 0 Å². The van der Waals surface area contributed by atoms with Crippen LogP contribution in [0.25, 0.3) is 0 Å². The molecule has 21 heteroatoms. The van der Waals surface area contributed by atoms with Crippen LogP contribution in [0.2, 0.25) is 0 Å². The number of rotatable bonds is 120. The summed E-state index contributed by atoms with van der Waals surface area (Å²) in [6.45, 7) is 45.7. The van der Waals surface area contributed by atoms with Crippen LogP contribution in [0.5, 0.6) is 0 Å². The van der Waals surface area contributed by atoms with Gasteiger partial charge in [0, 0.05) is 17.1 Å². The van der Waals surface area contributed by atoms with E-state index < -0.39 is 43.0 Å². The van der Waals surface area contributed by atoms with E-state index in [1.807, 2.05) is 0 Å². The van der Waals surface area contributed by atoms with Gasteiger partial charge in [0.2, 0.25) is 0 Å². The maximum atomic E-state index is 5.96. The molecule has 0 aliphatic carbocycles. The Labute approximate surface area is 902 Å². The summed E-state index contributed by atoms with van der Waals surface area (Å²) in [7, 11) is -5.72. The monoisotopic (exact) mass is 2150 g/mol. The standard InChI is InChI=1S/5C24H51O3P.Fe/c5*1-4-7-10-13-16-19-22-25-28(26-23-20-17-14-11-8-5-2)27-24-21-18-15-12-9-6-3;/h5*4-24H2,1-3H3;. The minimum atomic E-state index is -1.14. The predicted octanol–water partition coefficient (Wildman–Crippen LogP) is 46.7. The normalized spacial score (nSPS) is 11.5. The summed E-state index contributed by atoms with van der Waals surface area (Å²) >= 11 is 0. The molecule has 0 aliphatic rings. The summed E-state index contributed by atoms with van der Waals surface area (Å²) in [5, 5.41) is 0. The van der Waals surface area contributed by atoms with Crippen molar-refractivity contribution in [3.8, 4) is 0 Å². The molecule has 141 heavy (non-hydrogen) atoms. The average Bonchev–Trinajstić information content (AvgIpc) is 1.01. The third-order valence-corrected chi connectivity index (χ3v) is 31.3. The van der Waals surface area contributed by atoms with Gasteiger partial charge in [0.25, 0.3) is 0 Å². The molecule has 0 spiro atoms. The molecular formula is C120H255FeO15P5. The van der Waals surface area contributed by atoms with Gasteiger partial charge in [-0.15, -0.1) is 0 Å². The summed E-state index contributed by atoms with van der Waals surface area (Å²) < 4.78 is 89.4. The van der Waals surface area contributed by atoms with Gasteiger partial charge >= 0.3 is 43.0 Å². The largest absolute Gasteiger partial charge is 0.332 e. The SMILES string of the molecule is CCCCCCCCOP(OCCCCCCCC)OCCCCCCCC.CCCCCCCCOP(OCCCCCCCC)OCCCCCCCC.CCCCCCCCOP(OCCCCCCCC)OCCCCCCCC.CCCCCCCCOP(OCCCCCCCC)OCCCCCCCC.CCCCCCCCOP(OCCCCCCCC)OCCCCCCCC.[Fe]. The van der Waals surface area contributed by atoms with Crippen molar-refractivity contribution in [3.05, 3.63) is 0 Å². The second-order valence-electron chi connectivity index (χ2n) is 40.1. The van der Waals surface area contributed by atoms with Crippen LogP contribution in [-0.4, -0.2) is 99.1 Å². The Morgan fingerprint density at radius 1 is 0.0780 bits per heavy atom. The zero-order valence-electron chi connectivity index (χ0n) is 98.0. The quantitative estimate of drug-likeness (QED) is 0.0324. The van der Waals surface area contributed by atoms with Gasteiger partial charge in [-0.25, -0.2) is 0 Å². The summed E-state index contributed by atoms with van der Waals surface area (Å²) in [4.78, 5) is 0. The van der Waals surface area contributed by atoms with Gasteiger partial charge in [0.05, 0.1) is 99.1 Å². The van der Waals surface area contributed by atoms with E-state index in [-0.39, 0.29) is 17.1 Å². The van der Waals surface area contributed by atoms with Gasteiger partial charge in [-0.05, 0) is 96.3 Å². The fourth-order valence-corrected chi connectivity index (χ4v) is 21.2. The first-order valence-corrected chi connectivity index (χ1v) is 68.2. The van der Waals surface area contributed by atoms with Crippen LogP contribution in [0, 0.1) is 0 Å². The molecule has 0 amide bonds. The first kappa shape index (κ1) is 154. The molecule has 0 rings (SSSR count). The molecule has 0 radical (unpaired) electrons. The van der Waals surface area contributed by atoms with Gasteiger partial charge in [-0.3, -0.25) is 0 Å². The molecular weight excluding hydrogens is 1890 g/mol. The Morgan fingerprint density at radius 2 is 0.128 bits per heavy atom.